The van der Waals surface area contributed by atoms with Crippen LogP contribution in [-0.4, -0.2) is 22.8 Å². The van der Waals surface area contributed by atoms with E-state index in [0.717, 1.165) is 41.0 Å². The average Bonchev–Trinajstić information content (AvgIpc) is 3.54. The summed E-state index contributed by atoms with van der Waals surface area (Å²) in [4.78, 5) is 46.6. The Balaban J connectivity index is 1.43. The summed E-state index contributed by atoms with van der Waals surface area (Å²) in [5.41, 5.74) is 2.40. The molecule has 0 saturated carbocycles. The number of non-ortho nitro benzene ring substituents is 1. The SMILES string of the molecule is N#Cc1c(N2C(=O)[C@H]3[C@@H](ON(c4ccc(Cl)cc4)[C@H]3c3ccc([N+](=O)[O-])cc3)C2=O)sc2c1CCCC2. The highest BCUT2D eigenvalue weighted by molar-refractivity contribution is 7.17. The predicted octanol–water partition coefficient (Wildman–Crippen LogP) is 5.11. The first-order chi connectivity index (χ1) is 17.9. The Hall–Kier alpha value is -3.78. The van der Waals surface area contributed by atoms with Crippen molar-refractivity contribution in [2.24, 2.45) is 5.92 Å². The fraction of sp³-hybridized carbons (Fsp3) is 0.269. The molecule has 2 aliphatic heterocycles. The summed E-state index contributed by atoms with van der Waals surface area (Å²) in [6.45, 7) is 0. The summed E-state index contributed by atoms with van der Waals surface area (Å²) >= 11 is 7.39. The zero-order valence-corrected chi connectivity index (χ0v) is 20.9. The third kappa shape index (κ3) is 3.70. The molecule has 0 spiro atoms. The second kappa shape index (κ2) is 8.95. The molecule has 2 fully saturated rings. The van der Waals surface area contributed by atoms with Crippen LogP contribution in [0.25, 0.3) is 0 Å². The van der Waals surface area contributed by atoms with Crippen LogP contribution in [0.5, 0.6) is 0 Å². The molecule has 6 rings (SSSR count). The van der Waals surface area contributed by atoms with Crippen LogP contribution in [-0.2, 0) is 27.3 Å². The maximum absolute atomic E-state index is 13.9. The van der Waals surface area contributed by atoms with Gasteiger partial charge in [-0.15, -0.1) is 11.3 Å². The monoisotopic (exact) mass is 534 g/mol. The van der Waals surface area contributed by atoms with E-state index in [4.69, 9.17) is 16.4 Å². The summed E-state index contributed by atoms with van der Waals surface area (Å²) in [5.74, 6) is -1.88. The number of carbonyl (C=O) groups is 2. The molecule has 3 atom stereocenters. The number of hydrogen-bond acceptors (Lipinski definition) is 8. The lowest BCUT2D eigenvalue weighted by atomic mass is 9.90. The standard InChI is InChI=1S/C26H19ClN4O5S/c27-15-7-11-16(12-8-15)30-22(14-5-9-17(10-6-14)31(34)35)21-23(36-30)25(33)29(24(21)32)26-19(13-28)18-3-1-2-4-20(18)37-26/h5-12,21-23H,1-4H2/t21-,22+,23-/m1/s1. The van der Waals surface area contributed by atoms with Crippen molar-refractivity contribution in [3.05, 3.63) is 85.2 Å². The molecule has 3 heterocycles. The Kier molecular flexibility index (Phi) is 5.71. The van der Waals surface area contributed by atoms with E-state index in [0.29, 0.717) is 26.8 Å². The molecule has 3 aliphatic rings. The number of anilines is 2. The fourth-order valence-electron chi connectivity index (χ4n) is 5.38. The van der Waals surface area contributed by atoms with Crippen LogP contribution in [0.3, 0.4) is 0 Å². The van der Waals surface area contributed by atoms with Gasteiger partial charge in [-0.05, 0) is 61.1 Å². The number of imide groups is 1. The van der Waals surface area contributed by atoms with Gasteiger partial charge >= 0.3 is 0 Å². The highest BCUT2D eigenvalue weighted by Crippen LogP contribution is 2.50. The molecule has 3 aromatic rings. The van der Waals surface area contributed by atoms with Crippen LogP contribution in [0.4, 0.5) is 16.4 Å². The molecule has 9 nitrogen and oxygen atoms in total. The highest BCUT2D eigenvalue weighted by Gasteiger charge is 2.61. The number of halogens is 1. The number of thiophene rings is 1. The van der Waals surface area contributed by atoms with E-state index in [9.17, 15) is 25.0 Å². The van der Waals surface area contributed by atoms with Crippen LogP contribution >= 0.6 is 22.9 Å². The van der Waals surface area contributed by atoms with Crippen molar-refractivity contribution in [1.29, 1.82) is 5.26 Å². The van der Waals surface area contributed by atoms with Crippen LogP contribution in [0, 0.1) is 27.4 Å². The lowest BCUT2D eigenvalue weighted by Gasteiger charge is -2.28. The number of nitriles is 1. The first-order valence-corrected chi connectivity index (χ1v) is 13.0. The summed E-state index contributed by atoms with van der Waals surface area (Å²) in [6.07, 6.45) is 2.45. The minimum atomic E-state index is -1.10. The second-order valence-electron chi connectivity index (χ2n) is 9.16. The van der Waals surface area contributed by atoms with E-state index in [1.54, 1.807) is 36.4 Å². The molecule has 2 amide bonds. The van der Waals surface area contributed by atoms with Crippen molar-refractivity contribution >= 4 is 51.1 Å². The number of nitro groups is 1. The van der Waals surface area contributed by atoms with E-state index in [-0.39, 0.29) is 5.69 Å². The van der Waals surface area contributed by atoms with Gasteiger partial charge in [0.05, 0.1) is 22.2 Å². The van der Waals surface area contributed by atoms with E-state index in [1.165, 1.54) is 28.5 Å². The summed E-state index contributed by atoms with van der Waals surface area (Å²) in [6, 6.07) is 14.1. The predicted molar refractivity (Wildman–Crippen MR) is 136 cm³/mol. The van der Waals surface area contributed by atoms with Gasteiger partial charge < -0.3 is 0 Å². The molecule has 0 bridgehead atoms. The Bertz CT molecular complexity index is 1480. The Labute approximate surface area is 220 Å². The third-order valence-corrected chi connectivity index (χ3v) is 8.64. The topological polar surface area (TPSA) is 117 Å². The van der Waals surface area contributed by atoms with Gasteiger partial charge in [0.25, 0.3) is 11.6 Å². The molecule has 2 saturated heterocycles. The van der Waals surface area contributed by atoms with Crippen molar-refractivity contribution in [3.8, 4) is 6.07 Å². The van der Waals surface area contributed by atoms with Crippen molar-refractivity contribution in [1.82, 2.24) is 0 Å². The quantitative estimate of drug-likeness (QED) is 0.259. The number of nitrogens with zero attached hydrogens (tertiary/aromatic N) is 4. The largest absolute Gasteiger partial charge is 0.273 e. The first kappa shape index (κ1) is 23.6. The number of hydrogen-bond donors (Lipinski definition) is 0. The number of hydroxylamine groups is 1. The van der Waals surface area contributed by atoms with Crippen molar-refractivity contribution < 1.29 is 19.3 Å². The minimum absolute atomic E-state index is 0.0875. The summed E-state index contributed by atoms with van der Waals surface area (Å²) in [7, 11) is 0. The van der Waals surface area contributed by atoms with Crippen LogP contribution in [0.1, 0.15) is 40.5 Å². The van der Waals surface area contributed by atoms with Gasteiger partial charge in [0.2, 0.25) is 5.91 Å². The molecular formula is C26H19ClN4O5S. The number of carbonyl (C=O) groups excluding carboxylic acids is 2. The average molecular weight is 535 g/mol. The number of nitro benzene ring substituents is 1. The van der Waals surface area contributed by atoms with E-state index >= 15 is 0 Å². The summed E-state index contributed by atoms with van der Waals surface area (Å²) in [5, 5.41) is 23.5. The minimum Gasteiger partial charge on any atom is -0.273 e. The Morgan fingerprint density at radius 2 is 1.76 bits per heavy atom. The Morgan fingerprint density at radius 1 is 1.05 bits per heavy atom. The van der Waals surface area contributed by atoms with Crippen molar-refractivity contribution in [3.63, 3.8) is 0 Å². The maximum atomic E-state index is 13.9. The fourth-order valence-corrected chi connectivity index (χ4v) is 6.86. The Morgan fingerprint density at radius 3 is 2.43 bits per heavy atom. The lowest BCUT2D eigenvalue weighted by Crippen LogP contribution is -2.37. The van der Waals surface area contributed by atoms with E-state index < -0.39 is 34.8 Å². The zero-order chi connectivity index (χ0) is 25.8. The molecule has 0 radical (unpaired) electrons. The van der Waals surface area contributed by atoms with Crippen LogP contribution in [0.2, 0.25) is 5.02 Å². The normalized spacial score (nSPS) is 22.6. The molecule has 0 unspecified atom stereocenters. The number of rotatable bonds is 4. The number of benzene rings is 2. The number of amides is 2. The second-order valence-corrected chi connectivity index (χ2v) is 10.7. The zero-order valence-electron chi connectivity index (χ0n) is 19.3. The van der Waals surface area contributed by atoms with Crippen molar-refractivity contribution in [2.45, 2.75) is 37.8 Å². The molecular weight excluding hydrogens is 516 g/mol. The van der Waals surface area contributed by atoms with Gasteiger partial charge in [0.1, 0.15) is 17.0 Å². The molecule has 0 N–H and O–H groups in total. The molecule has 2 aromatic carbocycles. The van der Waals surface area contributed by atoms with Crippen LogP contribution in [0.15, 0.2) is 48.5 Å². The number of fused-ring (bicyclic) bond motifs is 2. The molecule has 37 heavy (non-hydrogen) atoms. The van der Waals surface area contributed by atoms with Gasteiger partial charge in [-0.25, -0.2) is 9.96 Å². The van der Waals surface area contributed by atoms with Gasteiger partial charge in [-0.3, -0.25) is 24.5 Å². The van der Waals surface area contributed by atoms with Crippen molar-refractivity contribution in [2.75, 3.05) is 9.96 Å². The molecule has 1 aliphatic carbocycles. The highest BCUT2D eigenvalue weighted by atomic mass is 35.5. The molecule has 186 valence electrons. The first-order valence-electron chi connectivity index (χ1n) is 11.8. The van der Waals surface area contributed by atoms with E-state index in [1.807, 2.05) is 0 Å². The van der Waals surface area contributed by atoms with Crippen LogP contribution < -0.4 is 9.96 Å². The van der Waals surface area contributed by atoms with Gasteiger partial charge in [0.15, 0.2) is 6.10 Å². The summed E-state index contributed by atoms with van der Waals surface area (Å²) < 4.78 is 0. The number of aryl methyl sites for hydroxylation is 1. The molecule has 1 aromatic heterocycles. The van der Waals surface area contributed by atoms with E-state index in [2.05, 4.69) is 6.07 Å². The van der Waals surface area contributed by atoms with Gasteiger partial charge in [-0.2, -0.15) is 5.26 Å². The lowest BCUT2D eigenvalue weighted by molar-refractivity contribution is -0.384. The maximum Gasteiger partial charge on any atom is 0.269 e. The molecule has 11 heteroatoms. The smallest absolute Gasteiger partial charge is 0.269 e. The van der Waals surface area contributed by atoms with Gasteiger partial charge in [-0.1, -0.05) is 23.7 Å². The third-order valence-electron chi connectivity index (χ3n) is 7.11. The van der Waals surface area contributed by atoms with Gasteiger partial charge in [0, 0.05) is 22.0 Å².